The smallest absolute Gasteiger partial charge is 0.230 e. The molecule has 29 heavy (non-hydrogen) atoms. The van der Waals surface area contributed by atoms with Crippen LogP contribution in [0.4, 0.5) is 0 Å². The highest BCUT2D eigenvalue weighted by Crippen LogP contribution is 2.41. The SMILES string of the molecule is Cc1ccc(C)c(-n2nnnc2SCC(=O)N[C@@H](c2ccc(Cl)cc2)C2CC2)c1. The van der Waals surface area contributed by atoms with Crippen LogP contribution in [-0.2, 0) is 4.79 Å². The molecule has 8 heteroatoms. The van der Waals surface area contributed by atoms with Gasteiger partial charge in [-0.25, -0.2) is 0 Å². The van der Waals surface area contributed by atoms with E-state index in [2.05, 4.69) is 26.9 Å². The number of benzene rings is 2. The highest BCUT2D eigenvalue weighted by atomic mass is 35.5. The van der Waals surface area contributed by atoms with E-state index < -0.39 is 0 Å². The average Bonchev–Trinajstić information content (AvgIpc) is 3.44. The van der Waals surface area contributed by atoms with Crippen molar-refractivity contribution >= 4 is 29.3 Å². The molecule has 0 unspecified atom stereocenters. The number of aryl methyl sites for hydroxylation is 2. The van der Waals surface area contributed by atoms with E-state index in [4.69, 9.17) is 11.6 Å². The van der Waals surface area contributed by atoms with Gasteiger partial charge in [0.25, 0.3) is 0 Å². The summed E-state index contributed by atoms with van der Waals surface area (Å²) in [6, 6.07) is 13.9. The Balaban J connectivity index is 1.43. The maximum absolute atomic E-state index is 12.7. The van der Waals surface area contributed by atoms with Gasteiger partial charge in [-0.05, 0) is 77.9 Å². The fourth-order valence-corrected chi connectivity index (χ4v) is 4.11. The first-order valence-electron chi connectivity index (χ1n) is 9.55. The van der Waals surface area contributed by atoms with E-state index in [1.807, 2.05) is 50.2 Å². The molecule has 2 aromatic carbocycles. The molecule has 6 nitrogen and oxygen atoms in total. The van der Waals surface area contributed by atoms with Crippen LogP contribution in [0.1, 0.15) is 35.6 Å². The number of tetrazole rings is 1. The molecular formula is C21H22ClN5OS. The summed E-state index contributed by atoms with van der Waals surface area (Å²) in [6.07, 6.45) is 2.26. The lowest BCUT2D eigenvalue weighted by molar-refractivity contribution is -0.119. The van der Waals surface area contributed by atoms with Crippen molar-refractivity contribution in [3.8, 4) is 5.69 Å². The number of nitrogens with zero attached hydrogens (tertiary/aromatic N) is 4. The number of halogens is 1. The van der Waals surface area contributed by atoms with Crippen molar-refractivity contribution in [3.63, 3.8) is 0 Å². The van der Waals surface area contributed by atoms with Crippen molar-refractivity contribution in [1.29, 1.82) is 0 Å². The summed E-state index contributed by atoms with van der Waals surface area (Å²) in [5.74, 6) is 0.713. The molecule has 1 aliphatic carbocycles. The summed E-state index contributed by atoms with van der Waals surface area (Å²) in [7, 11) is 0. The van der Waals surface area contributed by atoms with E-state index in [0.29, 0.717) is 16.1 Å². The summed E-state index contributed by atoms with van der Waals surface area (Å²) < 4.78 is 1.69. The van der Waals surface area contributed by atoms with E-state index in [9.17, 15) is 4.79 Å². The fourth-order valence-electron chi connectivity index (χ4n) is 3.29. The van der Waals surface area contributed by atoms with Crippen LogP contribution in [0.15, 0.2) is 47.6 Å². The first kappa shape index (κ1) is 19.9. The van der Waals surface area contributed by atoms with E-state index in [1.54, 1.807) is 4.68 Å². The number of hydrogen-bond acceptors (Lipinski definition) is 5. The number of rotatable bonds is 7. The predicted molar refractivity (Wildman–Crippen MR) is 114 cm³/mol. The second-order valence-corrected chi connectivity index (χ2v) is 8.76. The van der Waals surface area contributed by atoms with Gasteiger partial charge in [-0.2, -0.15) is 4.68 Å². The standard InChI is InChI=1S/C21H22ClN5OS/c1-13-3-4-14(2)18(11-13)27-21(24-25-26-27)29-12-19(28)23-20(15-5-6-15)16-7-9-17(22)10-8-16/h3-4,7-11,15,20H,5-6,12H2,1-2H3,(H,23,28)/t20-/m1/s1. The monoisotopic (exact) mass is 427 g/mol. The van der Waals surface area contributed by atoms with Crippen molar-refractivity contribution < 1.29 is 4.79 Å². The van der Waals surface area contributed by atoms with Gasteiger partial charge in [0.2, 0.25) is 11.1 Å². The third kappa shape index (κ3) is 4.79. The summed E-state index contributed by atoms with van der Waals surface area (Å²) in [6.45, 7) is 4.05. The minimum atomic E-state index is -0.0302. The Labute approximate surface area is 179 Å². The van der Waals surface area contributed by atoms with E-state index >= 15 is 0 Å². The van der Waals surface area contributed by atoms with Crippen LogP contribution < -0.4 is 5.32 Å². The number of carbonyl (C=O) groups excluding carboxylic acids is 1. The van der Waals surface area contributed by atoms with E-state index in [-0.39, 0.29) is 17.7 Å². The molecule has 1 amide bonds. The molecule has 1 heterocycles. The number of amides is 1. The van der Waals surface area contributed by atoms with Gasteiger partial charge >= 0.3 is 0 Å². The summed E-state index contributed by atoms with van der Waals surface area (Å²) in [5, 5.41) is 16.5. The molecule has 1 N–H and O–H groups in total. The van der Waals surface area contributed by atoms with Crippen molar-refractivity contribution in [2.24, 2.45) is 5.92 Å². The molecule has 150 valence electrons. The topological polar surface area (TPSA) is 72.7 Å². The average molecular weight is 428 g/mol. The zero-order valence-electron chi connectivity index (χ0n) is 16.3. The highest BCUT2D eigenvalue weighted by molar-refractivity contribution is 7.99. The molecular weight excluding hydrogens is 406 g/mol. The number of aromatic nitrogens is 4. The van der Waals surface area contributed by atoms with Crippen molar-refractivity contribution in [3.05, 3.63) is 64.2 Å². The third-order valence-electron chi connectivity index (χ3n) is 5.01. The maximum atomic E-state index is 12.7. The Hall–Kier alpha value is -2.38. The molecule has 0 spiro atoms. The molecule has 4 rings (SSSR count). The molecule has 0 aliphatic heterocycles. The second-order valence-electron chi connectivity index (χ2n) is 7.39. The highest BCUT2D eigenvalue weighted by Gasteiger charge is 2.33. The lowest BCUT2D eigenvalue weighted by atomic mass is 10.0. The minimum absolute atomic E-state index is 0.0235. The predicted octanol–water partition coefficient (Wildman–Crippen LogP) is 4.29. The van der Waals surface area contributed by atoms with Crippen molar-refractivity contribution in [2.45, 2.75) is 37.9 Å². The van der Waals surface area contributed by atoms with Crippen molar-refractivity contribution in [2.75, 3.05) is 5.75 Å². The molecule has 0 saturated heterocycles. The van der Waals surface area contributed by atoms with Crippen molar-refractivity contribution in [1.82, 2.24) is 25.5 Å². The molecule has 1 atom stereocenters. The van der Waals surface area contributed by atoms with Crippen LogP contribution >= 0.6 is 23.4 Å². The molecule has 3 aromatic rings. The van der Waals surface area contributed by atoms with Crippen LogP contribution in [0.3, 0.4) is 0 Å². The van der Waals surface area contributed by atoms with Gasteiger partial charge in [-0.1, -0.05) is 47.6 Å². The summed E-state index contributed by atoms with van der Waals surface area (Å²) in [4.78, 5) is 12.7. The van der Waals surface area contributed by atoms with Gasteiger partial charge in [0.15, 0.2) is 0 Å². The van der Waals surface area contributed by atoms with Gasteiger partial charge in [0, 0.05) is 5.02 Å². The molecule has 1 aromatic heterocycles. The molecule has 0 radical (unpaired) electrons. The van der Waals surface area contributed by atoms with Gasteiger partial charge in [0.05, 0.1) is 17.5 Å². The normalized spacial score (nSPS) is 14.6. The lowest BCUT2D eigenvalue weighted by Crippen LogP contribution is -2.31. The number of nitrogens with one attached hydrogen (secondary N) is 1. The second kappa shape index (κ2) is 8.55. The fraction of sp³-hybridized carbons (Fsp3) is 0.333. The Bertz CT molecular complexity index is 1020. The van der Waals surface area contributed by atoms with Crippen LogP contribution in [0.5, 0.6) is 0 Å². The maximum Gasteiger partial charge on any atom is 0.230 e. The first-order chi connectivity index (χ1) is 14.0. The zero-order chi connectivity index (χ0) is 20.4. The Morgan fingerprint density at radius 3 is 2.72 bits per heavy atom. The first-order valence-corrected chi connectivity index (χ1v) is 10.9. The number of thioether (sulfide) groups is 1. The Morgan fingerprint density at radius 1 is 1.24 bits per heavy atom. The number of carbonyl (C=O) groups is 1. The van der Waals surface area contributed by atoms with Crippen LogP contribution in [-0.4, -0.2) is 31.9 Å². The minimum Gasteiger partial charge on any atom is -0.348 e. The molecule has 0 bridgehead atoms. The van der Waals surface area contributed by atoms with Gasteiger partial charge in [-0.3, -0.25) is 4.79 Å². The molecule has 1 saturated carbocycles. The van der Waals surface area contributed by atoms with E-state index in [1.165, 1.54) is 11.8 Å². The van der Waals surface area contributed by atoms with Gasteiger partial charge < -0.3 is 5.32 Å². The quantitative estimate of drug-likeness (QED) is 0.569. The third-order valence-corrected chi connectivity index (χ3v) is 6.18. The zero-order valence-corrected chi connectivity index (χ0v) is 17.9. The van der Waals surface area contributed by atoms with Crippen LogP contribution in [0, 0.1) is 19.8 Å². The van der Waals surface area contributed by atoms with E-state index in [0.717, 1.165) is 35.2 Å². The number of hydrogen-bond donors (Lipinski definition) is 1. The van der Waals surface area contributed by atoms with Crippen LogP contribution in [0.25, 0.3) is 5.69 Å². The summed E-state index contributed by atoms with van der Waals surface area (Å²) in [5.41, 5.74) is 4.22. The Kier molecular flexibility index (Phi) is 5.87. The van der Waals surface area contributed by atoms with Gasteiger partial charge in [0.1, 0.15) is 0 Å². The largest absolute Gasteiger partial charge is 0.348 e. The molecule has 1 aliphatic rings. The lowest BCUT2D eigenvalue weighted by Gasteiger charge is -2.19. The molecule has 1 fully saturated rings. The Morgan fingerprint density at radius 2 is 2.00 bits per heavy atom. The van der Waals surface area contributed by atoms with Gasteiger partial charge in [-0.15, -0.1) is 5.10 Å². The van der Waals surface area contributed by atoms with Crippen LogP contribution in [0.2, 0.25) is 5.02 Å². The summed E-state index contributed by atoms with van der Waals surface area (Å²) >= 11 is 7.34.